The molecule has 164 valence electrons. The number of hydrogen-bond donors (Lipinski definition) is 1. The van der Waals surface area contributed by atoms with Gasteiger partial charge in [0.05, 0.1) is 21.0 Å². The van der Waals surface area contributed by atoms with Crippen molar-refractivity contribution in [1.82, 2.24) is 4.57 Å². The molecule has 0 spiro atoms. The number of benzene rings is 2. The molecule has 9 heteroatoms. The van der Waals surface area contributed by atoms with Gasteiger partial charge in [0.2, 0.25) is 5.92 Å². The first kappa shape index (κ1) is 21.9. The summed E-state index contributed by atoms with van der Waals surface area (Å²) in [6, 6.07) is 8.45. The van der Waals surface area contributed by atoms with E-state index in [1.165, 1.54) is 11.8 Å². The van der Waals surface area contributed by atoms with Crippen molar-refractivity contribution in [2.24, 2.45) is 5.92 Å². The van der Waals surface area contributed by atoms with E-state index in [0.29, 0.717) is 38.3 Å². The molecule has 0 radical (unpaired) electrons. The van der Waals surface area contributed by atoms with Crippen LogP contribution in [0.5, 0.6) is 0 Å². The Balaban J connectivity index is 1.90. The number of halogens is 3. The van der Waals surface area contributed by atoms with Gasteiger partial charge in [-0.3, -0.25) is 9.59 Å². The van der Waals surface area contributed by atoms with Gasteiger partial charge in [0.1, 0.15) is 6.54 Å². The van der Waals surface area contributed by atoms with Crippen LogP contribution < -0.4 is 10.3 Å². The van der Waals surface area contributed by atoms with Gasteiger partial charge in [-0.1, -0.05) is 11.6 Å². The second-order valence-electron chi connectivity index (χ2n) is 8.00. The number of fused-ring (bicyclic) bond motifs is 2. The van der Waals surface area contributed by atoms with Gasteiger partial charge < -0.3 is 14.6 Å². The SMILES string of the molecule is CSc1c(Cl)ccc2c(=O)c3ccc(N(C)CC4CC(F)(F)C4)cc3n(CC(=O)O)c12. The molecule has 0 bridgehead atoms. The minimum absolute atomic E-state index is 0.101. The standard InChI is InChI=1S/C22H21ClF2N2O3S/c1-26(10-12-8-22(24,25)9-12)13-3-4-14-17(7-13)27(11-18(28)29)19-15(20(14)30)5-6-16(23)21(19)31-2/h3-7,12H,8-11H2,1-2H3,(H,28,29). The Morgan fingerprint density at radius 1 is 1.29 bits per heavy atom. The molecule has 5 nitrogen and oxygen atoms in total. The fraction of sp³-hybridized carbons (Fsp3) is 0.364. The number of aliphatic carboxylic acids is 1. The highest BCUT2D eigenvalue weighted by Gasteiger charge is 2.45. The second kappa shape index (κ2) is 7.98. The topological polar surface area (TPSA) is 62.5 Å². The number of pyridine rings is 1. The van der Waals surface area contributed by atoms with E-state index in [2.05, 4.69) is 0 Å². The number of anilines is 1. The van der Waals surface area contributed by atoms with Gasteiger partial charge in [-0.2, -0.15) is 0 Å². The third kappa shape index (κ3) is 3.99. The number of rotatable bonds is 6. The van der Waals surface area contributed by atoms with Crippen LogP contribution in [0.2, 0.25) is 5.02 Å². The summed E-state index contributed by atoms with van der Waals surface area (Å²) in [5.41, 5.74) is 1.49. The molecule has 1 aliphatic rings. The lowest BCUT2D eigenvalue weighted by Gasteiger charge is -2.37. The van der Waals surface area contributed by atoms with Gasteiger partial charge in [0.25, 0.3) is 0 Å². The molecule has 0 aliphatic heterocycles. The second-order valence-corrected chi connectivity index (χ2v) is 9.22. The van der Waals surface area contributed by atoms with Gasteiger partial charge in [-0.05, 0) is 42.5 Å². The highest BCUT2D eigenvalue weighted by molar-refractivity contribution is 7.99. The van der Waals surface area contributed by atoms with Crippen LogP contribution in [-0.4, -0.2) is 41.4 Å². The van der Waals surface area contributed by atoms with Gasteiger partial charge >= 0.3 is 5.97 Å². The van der Waals surface area contributed by atoms with Crippen molar-refractivity contribution in [2.75, 3.05) is 24.7 Å². The minimum Gasteiger partial charge on any atom is -0.480 e. The molecule has 1 heterocycles. The van der Waals surface area contributed by atoms with Crippen LogP contribution in [0.1, 0.15) is 12.8 Å². The maximum Gasteiger partial charge on any atom is 0.323 e. The summed E-state index contributed by atoms with van der Waals surface area (Å²) in [4.78, 5) is 27.4. The van der Waals surface area contributed by atoms with Crippen LogP contribution in [0.25, 0.3) is 21.8 Å². The summed E-state index contributed by atoms with van der Waals surface area (Å²) in [7, 11) is 1.81. The number of carbonyl (C=O) groups is 1. The van der Waals surface area contributed by atoms with Crippen molar-refractivity contribution in [2.45, 2.75) is 30.2 Å². The maximum atomic E-state index is 13.2. The highest BCUT2D eigenvalue weighted by atomic mass is 35.5. The molecule has 0 unspecified atom stereocenters. The van der Waals surface area contributed by atoms with Crippen LogP contribution in [0, 0.1) is 5.92 Å². The van der Waals surface area contributed by atoms with Crippen LogP contribution in [0.4, 0.5) is 14.5 Å². The Morgan fingerprint density at radius 3 is 2.58 bits per heavy atom. The Hall–Kier alpha value is -2.32. The number of hydrogen-bond acceptors (Lipinski definition) is 4. The van der Waals surface area contributed by atoms with Gasteiger partial charge in [-0.15, -0.1) is 11.8 Å². The zero-order chi connectivity index (χ0) is 22.5. The van der Waals surface area contributed by atoms with Crippen molar-refractivity contribution in [3.63, 3.8) is 0 Å². The van der Waals surface area contributed by atoms with E-state index in [9.17, 15) is 23.5 Å². The molecule has 1 aromatic heterocycles. The van der Waals surface area contributed by atoms with Gasteiger partial charge in [0.15, 0.2) is 5.43 Å². The summed E-state index contributed by atoms with van der Waals surface area (Å²) in [5.74, 6) is -3.73. The molecule has 0 saturated heterocycles. The summed E-state index contributed by atoms with van der Waals surface area (Å²) < 4.78 is 28.0. The van der Waals surface area contributed by atoms with E-state index in [-0.39, 0.29) is 30.7 Å². The van der Waals surface area contributed by atoms with Crippen molar-refractivity contribution < 1.29 is 18.7 Å². The fourth-order valence-electron chi connectivity index (χ4n) is 4.34. The zero-order valence-electron chi connectivity index (χ0n) is 17.0. The quantitative estimate of drug-likeness (QED) is 0.404. The lowest BCUT2D eigenvalue weighted by Crippen LogP contribution is -2.41. The number of nitrogens with zero attached hydrogens (tertiary/aromatic N) is 2. The molecule has 0 amide bonds. The summed E-state index contributed by atoms with van der Waals surface area (Å²) in [6.07, 6.45) is 1.56. The largest absolute Gasteiger partial charge is 0.480 e. The Morgan fingerprint density at radius 2 is 1.97 bits per heavy atom. The molecular weight excluding hydrogens is 446 g/mol. The number of aromatic nitrogens is 1. The van der Waals surface area contributed by atoms with Crippen molar-refractivity contribution in [3.05, 3.63) is 45.6 Å². The smallest absolute Gasteiger partial charge is 0.323 e. The zero-order valence-corrected chi connectivity index (χ0v) is 18.6. The normalized spacial score (nSPS) is 15.9. The summed E-state index contributed by atoms with van der Waals surface area (Å²) in [6.45, 7) is 0.114. The number of carboxylic acids is 1. The fourth-order valence-corrected chi connectivity index (χ4v) is 5.40. The number of thioether (sulfide) groups is 1. The lowest BCUT2D eigenvalue weighted by atomic mass is 9.81. The minimum atomic E-state index is -2.58. The van der Waals surface area contributed by atoms with Crippen LogP contribution in [0.3, 0.4) is 0 Å². The highest BCUT2D eigenvalue weighted by Crippen LogP contribution is 2.43. The van der Waals surface area contributed by atoms with E-state index in [0.717, 1.165) is 5.69 Å². The Kier molecular flexibility index (Phi) is 5.64. The molecular formula is C22H21ClF2N2O3S. The monoisotopic (exact) mass is 466 g/mol. The van der Waals surface area contributed by atoms with E-state index in [1.54, 1.807) is 34.9 Å². The predicted octanol–water partition coefficient (Wildman–Crippen LogP) is 5.10. The van der Waals surface area contributed by atoms with E-state index >= 15 is 0 Å². The Bertz CT molecular complexity index is 1250. The Labute approximate surface area is 186 Å². The maximum absolute atomic E-state index is 13.2. The van der Waals surface area contributed by atoms with Gasteiger partial charge in [0, 0.05) is 42.9 Å². The van der Waals surface area contributed by atoms with Crippen LogP contribution in [0.15, 0.2) is 40.0 Å². The van der Waals surface area contributed by atoms with Crippen molar-refractivity contribution in [1.29, 1.82) is 0 Å². The molecule has 1 aliphatic carbocycles. The summed E-state index contributed by atoms with van der Waals surface area (Å²) >= 11 is 7.69. The average Bonchev–Trinajstić information content (AvgIpc) is 2.68. The molecule has 1 fully saturated rings. The molecule has 3 aromatic rings. The molecule has 4 rings (SSSR count). The number of alkyl halides is 2. The summed E-state index contributed by atoms with van der Waals surface area (Å²) in [5, 5.41) is 10.8. The molecule has 31 heavy (non-hydrogen) atoms. The first-order valence-electron chi connectivity index (χ1n) is 9.75. The predicted molar refractivity (Wildman–Crippen MR) is 121 cm³/mol. The molecule has 1 saturated carbocycles. The lowest BCUT2D eigenvalue weighted by molar-refractivity contribution is -0.137. The first-order valence-corrected chi connectivity index (χ1v) is 11.3. The molecule has 1 N–H and O–H groups in total. The van der Waals surface area contributed by atoms with Crippen LogP contribution in [-0.2, 0) is 11.3 Å². The third-order valence-electron chi connectivity index (χ3n) is 5.76. The van der Waals surface area contributed by atoms with Crippen molar-refractivity contribution in [3.8, 4) is 0 Å². The van der Waals surface area contributed by atoms with Crippen LogP contribution >= 0.6 is 23.4 Å². The van der Waals surface area contributed by atoms with Crippen molar-refractivity contribution >= 4 is 56.8 Å². The van der Waals surface area contributed by atoms with E-state index in [1.807, 2.05) is 18.2 Å². The van der Waals surface area contributed by atoms with E-state index in [4.69, 9.17) is 11.6 Å². The molecule has 0 atom stereocenters. The van der Waals surface area contributed by atoms with Gasteiger partial charge in [-0.25, -0.2) is 8.78 Å². The first-order chi connectivity index (χ1) is 14.6. The van der Waals surface area contributed by atoms with E-state index < -0.39 is 11.9 Å². The average molecular weight is 467 g/mol. The third-order valence-corrected chi connectivity index (χ3v) is 7.01. The number of carboxylic acid groups (broad SMARTS) is 1. The molecule has 2 aromatic carbocycles.